The van der Waals surface area contributed by atoms with Crippen LogP contribution in [0, 0.1) is 0 Å². The summed E-state index contributed by atoms with van der Waals surface area (Å²) in [6, 6.07) is 6.13. The molecule has 1 aromatic heterocycles. The second-order valence-electron chi connectivity index (χ2n) is 7.08. The van der Waals surface area contributed by atoms with E-state index in [2.05, 4.69) is 16.1 Å². The van der Waals surface area contributed by atoms with Crippen molar-refractivity contribution in [1.82, 2.24) is 19.7 Å². The van der Waals surface area contributed by atoms with E-state index in [0.29, 0.717) is 5.82 Å². The van der Waals surface area contributed by atoms with Crippen LogP contribution in [-0.2, 0) is 28.9 Å². The monoisotopic (exact) mass is 353 g/mol. The first-order valence-electron chi connectivity index (χ1n) is 9.17. The Morgan fingerprint density at radius 2 is 2.12 bits per heavy atom. The maximum absolute atomic E-state index is 12.0. The zero-order valence-electron chi connectivity index (χ0n) is 14.9. The Morgan fingerprint density at radius 3 is 2.88 bits per heavy atom. The first-order chi connectivity index (χ1) is 12.5. The molecule has 1 aliphatic carbocycles. The molecule has 26 heavy (non-hydrogen) atoms. The van der Waals surface area contributed by atoms with Crippen LogP contribution in [0.2, 0.25) is 0 Å². The second kappa shape index (κ2) is 6.55. The van der Waals surface area contributed by atoms with E-state index in [1.165, 1.54) is 11.1 Å². The highest BCUT2D eigenvalue weighted by atomic mass is 16.2. The highest BCUT2D eigenvalue weighted by Crippen LogP contribution is 2.34. The number of carbonyl (C=O) groups is 2. The minimum Gasteiger partial charge on any atom is -0.369 e. The molecule has 1 aliphatic heterocycles. The Morgan fingerprint density at radius 1 is 1.27 bits per heavy atom. The lowest BCUT2D eigenvalue weighted by Gasteiger charge is -2.23. The van der Waals surface area contributed by atoms with Crippen molar-refractivity contribution in [2.45, 2.75) is 51.5 Å². The Hall–Kier alpha value is -2.70. The van der Waals surface area contributed by atoms with E-state index in [0.717, 1.165) is 50.2 Å². The van der Waals surface area contributed by atoms with E-state index < -0.39 is 5.91 Å². The van der Waals surface area contributed by atoms with Crippen LogP contribution in [-0.4, -0.2) is 38.0 Å². The zero-order valence-corrected chi connectivity index (χ0v) is 14.9. The molecule has 2 aliphatic rings. The van der Waals surface area contributed by atoms with Gasteiger partial charge in [-0.25, -0.2) is 9.67 Å². The number of primary amides is 1. The second-order valence-corrected chi connectivity index (χ2v) is 7.08. The molecule has 0 spiro atoms. The lowest BCUT2D eigenvalue weighted by atomic mass is 10.1. The lowest BCUT2D eigenvalue weighted by molar-refractivity contribution is -0.129. The number of aromatic nitrogens is 3. The van der Waals surface area contributed by atoms with Crippen LogP contribution in [0.4, 0.5) is 0 Å². The smallest absolute Gasteiger partial charge is 0.225 e. The summed E-state index contributed by atoms with van der Waals surface area (Å²) in [4.78, 5) is 29.9. The van der Waals surface area contributed by atoms with Crippen molar-refractivity contribution in [3.05, 3.63) is 41.0 Å². The molecule has 0 radical (unpaired) electrons. The average molecular weight is 353 g/mol. The van der Waals surface area contributed by atoms with Crippen molar-refractivity contribution in [2.75, 3.05) is 6.54 Å². The van der Waals surface area contributed by atoms with Gasteiger partial charge in [0.1, 0.15) is 0 Å². The van der Waals surface area contributed by atoms with Crippen molar-refractivity contribution < 1.29 is 9.59 Å². The third-order valence-electron chi connectivity index (χ3n) is 5.31. The van der Waals surface area contributed by atoms with Gasteiger partial charge in [-0.15, -0.1) is 0 Å². The van der Waals surface area contributed by atoms with Gasteiger partial charge in [0.2, 0.25) is 11.8 Å². The van der Waals surface area contributed by atoms with Gasteiger partial charge < -0.3 is 10.6 Å². The number of aryl methyl sites for hydroxylation is 1. The van der Waals surface area contributed by atoms with Crippen LogP contribution < -0.4 is 5.73 Å². The summed E-state index contributed by atoms with van der Waals surface area (Å²) < 4.78 is 1.84. The molecule has 7 heteroatoms. The molecule has 7 nitrogen and oxygen atoms in total. The van der Waals surface area contributed by atoms with Crippen molar-refractivity contribution in [3.8, 4) is 5.69 Å². The van der Waals surface area contributed by atoms with E-state index in [1.807, 2.05) is 21.7 Å². The average Bonchev–Trinajstić information content (AvgIpc) is 3.32. The fourth-order valence-electron chi connectivity index (χ4n) is 4.20. The number of hydrogen-bond donors (Lipinski definition) is 1. The maximum Gasteiger partial charge on any atom is 0.225 e. The quantitative estimate of drug-likeness (QED) is 0.900. The van der Waals surface area contributed by atoms with Gasteiger partial charge in [0.25, 0.3) is 0 Å². The summed E-state index contributed by atoms with van der Waals surface area (Å²) in [6.07, 6.45) is 5.01. The van der Waals surface area contributed by atoms with E-state index in [-0.39, 0.29) is 18.4 Å². The minimum atomic E-state index is -0.457. The summed E-state index contributed by atoms with van der Waals surface area (Å²) in [5, 5.41) is 4.60. The van der Waals surface area contributed by atoms with Gasteiger partial charge in [0.05, 0.1) is 18.2 Å². The van der Waals surface area contributed by atoms with Crippen molar-refractivity contribution in [3.63, 3.8) is 0 Å². The molecule has 136 valence electrons. The molecular weight excluding hydrogens is 330 g/mol. The molecule has 2 heterocycles. The first kappa shape index (κ1) is 16.8. The standard InChI is InChI=1S/C19H23N5O2/c1-12(25)23-10-4-9-16(23)19-21-18(11-17(20)26)22-24(19)15-8-3-6-13-5-2-7-14(13)15/h3,6,8,16H,2,4-5,7,9-11H2,1H3,(H2,20,26). The van der Waals surface area contributed by atoms with Crippen molar-refractivity contribution in [2.24, 2.45) is 5.73 Å². The topological polar surface area (TPSA) is 94.1 Å². The van der Waals surface area contributed by atoms with E-state index in [9.17, 15) is 9.59 Å². The number of likely N-dealkylation sites (tertiary alicyclic amines) is 1. The van der Waals surface area contributed by atoms with Gasteiger partial charge in [0.15, 0.2) is 11.6 Å². The summed E-state index contributed by atoms with van der Waals surface area (Å²) in [6.45, 7) is 2.31. The number of rotatable bonds is 4. The summed E-state index contributed by atoms with van der Waals surface area (Å²) in [5.74, 6) is 0.728. The van der Waals surface area contributed by atoms with E-state index >= 15 is 0 Å². The van der Waals surface area contributed by atoms with Gasteiger partial charge >= 0.3 is 0 Å². The number of nitrogens with two attached hydrogens (primary N) is 1. The van der Waals surface area contributed by atoms with Gasteiger partial charge in [-0.3, -0.25) is 9.59 Å². The third-order valence-corrected chi connectivity index (χ3v) is 5.31. The first-order valence-corrected chi connectivity index (χ1v) is 9.17. The number of hydrogen-bond acceptors (Lipinski definition) is 4. The number of carbonyl (C=O) groups excluding carboxylic acids is 2. The predicted molar refractivity (Wildman–Crippen MR) is 95.6 cm³/mol. The zero-order chi connectivity index (χ0) is 18.3. The molecule has 1 atom stereocenters. The van der Waals surface area contributed by atoms with Crippen molar-refractivity contribution in [1.29, 1.82) is 0 Å². The normalized spacial score (nSPS) is 19.0. The molecule has 1 aromatic carbocycles. The summed E-state index contributed by atoms with van der Waals surface area (Å²) in [5.41, 5.74) is 8.99. The molecule has 0 bridgehead atoms. The van der Waals surface area contributed by atoms with Crippen LogP contribution in [0.25, 0.3) is 5.69 Å². The summed E-state index contributed by atoms with van der Waals surface area (Å²) >= 11 is 0. The SMILES string of the molecule is CC(=O)N1CCCC1c1nc(CC(N)=O)nn1-c1cccc2c1CCC2. The summed E-state index contributed by atoms with van der Waals surface area (Å²) in [7, 11) is 0. The van der Waals surface area contributed by atoms with Crippen LogP contribution in [0.5, 0.6) is 0 Å². The lowest BCUT2D eigenvalue weighted by Crippen LogP contribution is -2.30. The van der Waals surface area contributed by atoms with Crippen molar-refractivity contribution >= 4 is 11.8 Å². The predicted octanol–water partition coefficient (Wildman–Crippen LogP) is 1.47. The molecular formula is C19H23N5O2. The van der Waals surface area contributed by atoms with Crippen LogP contribution in [0.1, 0.15) is 55.0 Å². The molecule has 2 aromatic rings. The Kier molecular flexibility index (Phi) is 4.22. The highest BCUT2D eigenvalue weighted by Gasteiger charge is 2.33. The Labute approximate surface area is 152 Å². The molecule has 1 fully saturated rings. The highest BCUT2D eigenvalue weighted by molar-refractivity contribution is 5.76. The molecule has 2 amide bonds. The van der Waals surface area contributed by atoms with E-state index in [1.54, 1.807) is 6.92 Å². The Bertz CT molecular complexity index is 873. The number of nitrogens with zero attached hydrogens (tertiary/aromatic N) is 4. The molecule has 2 N–H and O–H groups in total. The fourth-order valence-corrected chi connectivity index (χ4v) is 4.20. The van der Waals surface area contributed by atoms with Crippen LogP contribution in [0.3, 0.4) is 0 Å². The minimum absolute atomic E-state index is 0.00180. The molecule has 4 rings (SSSR count). The van der Waals surface area contributed by atoms with Gasteiger partial charge in [-0.2, -0.15) is 5.10 Å². The molecule has 1 saturated heterocycles. The van der Waals surface area contributed by atoms with Gasteiger partial charge in [0, 0.05) is 13.5 Å². The number of benzene rings is 1. The van der Waals surface area contributed by atoms with E-state index in [4.69, 9.17) is 5.73 Å². The number of fused-ring (bicyclic) bond motifs is 1. The van der Waals surface area contributed by atoms with Gasteiger partial charge in [-0.1, -0.05) is 12.1 Å². The van der Waals surface area contributed by atoms with Crippen LogP contribution in [0.15, 0.2) is 18.2 Å². The van der Waals surface area contributed by atoms with Gasteiger partial charge in [-0.05, 0) is 49.3 Å². The molecule has 1 unspecified atom stereocenters. The largest absolute Gasteiger partial charge is 0.369 e. The van der Waals surface area contributed by atoms with Crippen LogP contribution >= 0.6 is 0 Å². The maximum atomic E-state index is 12.0. The Balaban J connectivity index is 1.83. The number of amides is 2. The fraction of sp³-hybridized carbons (Fsp3) is 0.474. The third kappa shape index (κ3) is 2.87. The molecule has 0 saturated carbocycles.